The topological polar surface area (TPSA) is 69.6 Å². The number of aliphatic hydroxyl groups excluding tert-OH is 2. The molecule has 0 fully saturated rings. The molecule has 2 unspecified atom stereocenters. The van der Waals surface area contributed by atoms with Gasteiger partial charge in [0.2, 0.25) is 0 Å². The van der Waals surface area contributed by atoms with E-state index in [0.717, 1.165) is 0 Å². The standard InChI is InChI=1S/C12H17NO3S/c1-13-12(16)9-4-2-8(3-5-9)11(15)10(14)6-7-17/h2-5,10-11,14-15,17H,6-7H2,1H3,(H,13,16). The van der Waals surface area contributed by atoms with Crippen LogP contribution in [-0.4, -0.2) is 35.0 Å². The number of carbonyl (C=O) groups is 1. The van der Waals surface area contributed by atoms with Crippen molar-refractivity contribution in [3.8, 4) is 0 Å². The summed E-state index contributed by atoms with van der Waals surface area (Å²) in [5.74, 6) is 0.330. The molecule has 0 saturated carbocycles. The number of hydrogen-bond donors (Lipinski definition) is 4. The summed E-state index contributed by atoms with van der Waals surface area (Å²) in [6.45, 7) is 0. The zero-order chi connectivity index (χ0) is 12.8. The molecule has 94 valence electrons. The van der Waals surface area contributed by atoms with Crippen molar-refractivity contribution in [1.82, 2.24) is 5.32 Å². The van der Waals surface area contributed by atoms with Crippen LogP contribution in [0.25, 0.3) is 0 Å². The van der Waals surface area contributed by atoms with Crippen molar-refractivity contribution < 1.29 is 15.0 Å². The fraction of sp³-hybridized carbons (Fsp3) is 0.417. The second-order valence-electron chi connectivity index (χ2n) is 3.73. The summed E-state index contributed by atoms with van der Waals surface area (Å²) in [5.41, 5.74) is 1.11. The Morgan fingerprint density at radius 2 is 1.94 bits per heavy atom. The van der Waals surface area contributed by atoms with Crippen LogP contribution in [0.4, 0.5) is 0 Å². The summed E-state index contributed by atoms with van der Waals surface area (Å²) in [7, 11) is 1.56. The second-order valence-corrected chi connectivity index (χ2v) is 4.17. The van der Waals surface area contributed by atoms with Gasteiger partial charge in [0, 0.05) is 12.6 Å². The Morgan fingerprint density at radius 3 is 2.41 bits per heavy atom. The lowest BCUT2D eigenvalue weighted by molar-refractivity contribution is 0.0172. The van der Waals surface area contributed by atoms with E-state index < -0.39 is 12.2 Å². The molecule has 1 aromatic carbocycles. The summed E-state index contributed by atoms with van der Waals surface area (Å²) < 4.78 is 0. The molecule has 0 heterocycles. The van der Waals surface area contributed by atoms with E-state index in [-0.39, 0.29) is 5.91 Å². The summed E-state index contributed by atoms with van der Waals surface area (Å²) in [6, 6.07) is 6.50. The average molecular weight is 255 g/mol. The molecule has 0 spiro atoms. The van der Waals surface area contributed by atoms with Gasteiger partial charge in [-0.2, -0.15) is 12.6 Å². The molecule has 0 aliphatic heterocycles. The third kappa shape index (κ3) is 3.73. The maximum Gasteiger partial charge on any atom is 0.251 e. The molecule has 17 heavy (non-hydrogen) atoms. The van der Waals surface area contributed by atoms with Crippen LogP contribution in [0.15, 0.2) is 24.3 Å². The lowest BCUT2D eigenvalue weighted by atomic mass is 10.0. The fourth-order valence-electron chi connectivity index (χ4n) is 1.49. The summed E-state index contributed by atoms with van der Waals surface area (Å²) in [5, 5.41) is 22.0. The molecule has 2 atom stereocenters. The van der Waals surface area contributed by atoms with Crippen molar-refractivity contribution in [3.05, 3.63) is 35.4 Å². The smallest absolute Gasteiger partial charge is 0.251 e. The van der Waals surface area contributed by atoms with Gasteiger partial charge in [-0.3, -0.25) is 4.79 Å². The van der Waals surface area contributed by atoms with Crippen molar-refractivity contribution in [2.24, 2.45) is 0 Å². The average Bonchev–Trinajstić information content (AvgIpc) is 2.37. The number of rotatable bonds is 5. The Bertz CT molecular complexity index is 367. The molecule has 0 radical (unpaired) electrons. The maximum atomic E-state index is 11.3. The minimum Gasteiger partial charge on any atom is -0.390 e. The van der Waals surface area contributed by atoms with E-state index in [1.165, 1.54) is 0 Å². The molecule has 1 rings (SSSR count). The third-order valence-electron chi connectivity index (χ3n) is 2.53. The van der Waals surface area contributed by atoms with Gasteiger partial charge in [-0.1, -0.05) is 12.1 Å². The van der Waals surface area contributed by atoms with E-state index in [1.54, 1.807) is 31.3 Å². The Kier molecular flexibility index (Phi) is 5.47. The number of carbonyl (C=O) groups excluding carboxylic acids is 1. The van der Waals surface area contributed by atoms with Gasteiger partial charge in [0.15, 0.2) is 0 Å². The summed E-state index contributed by atoms with van der Waals surface area (Å²) in [4.78, 5) is 11.3. The van der Waals surface area contributed by atoms with Crippen LogP contribution in [0, 0.1) is 0 Å². The highest BCUT2D eigenvalue weighted by molar-refractivity contribution is 7.80. The van der Waals surface area contributed by atoms with Gasteiger partial charge in [0.25, 0.3) is 5.91 Å². The first kappa shape index (κ1) is 14.0. The van der Waals surface area contributed by atoms with Crippen LogP contribution in [0.5, 0.6) is 0 Å². The molecule has 0 saturated heterocycles. The SMILES string of the molecule is CNC(=O)c1ccc(C(O)C(O)CCS)cc1. The quantitative estimate of drug-likeness (QED) is 0.587. The predicted octanol–water partition coefficient (Wildman–Crippen LogP) is 0.760. The predicted molar refractivity (Wildman–Crippen MR) is 69.3 cm³/mol. The number of thiol groups is 1. The van der Waals surface area contributed by atoms with Crippen LogP contribution < -0.4 is 5.32 Å². The monoisotopic (exact) mass is 255 g/mol. The minimum absolute atomic E-state index is 0.179. The van der Waals surface area contributed by atoms with Crippen molar-refractivity contribution in [2.45, 2.75) is 18.6 Å². The number of aliphatic hydroxyl groups is 2. The first-order valence-corrected chi connectivity index (χ1v) is 6.02. The number of hydrogen-bond acceptors (Lipinski definition) is 4. The highest BCUT2D eigenvalue weighted by atomic mass is 32.1. The van der Waals surface area contributed by atoms with Gasteiger partial charge >= 0.3 is 0 Å². The molecule has 3 N–H and O–H groups in total. The van der Waals surface area contributed by atoms with E-state index in [9.17, 15) is 15.0 Å². The van der Waals surface area contributed by atoms with E-state index in [2.05, 4.69) is 17.9 Å². The molecular weight excluding hydrogens is 238 g/mol. The van der Waals surface area contributed by atoms with Gasteiger partial charge in [0.1, 0.15) is 6.10 Å². The zero-order valence-electron chi connectivity index (χ0n) is 9.63. The molecule has 0 aromatic heterocycles. The molecule has 0 bridgehead atoms. The van der Waals surface area contributed by atoms with Crippen molar-refractivity contribution >= 4 is 18.5 Å². The first-order valence-electron chi connectivity index (χ1n) is 5.39. The molecule has 1 amide bonds. The van der Waals surface area contributed by atoms with Gasteiger partial charge in [0.05, 0.1) is 6.10 Å². The largest absolute Gasteiger partial charge is 0.390 e. The Labute approximate surface area is 106 Å². The van der Waals surface area contributed by atoms with E-state index in [0.29, 0.717) is 23.3 Å². The van der Waals surface area contributed by atoms with Crippen LogP contribution in [0.3, 0.4) is 0 Å². The van der Waals surface area contributed by atoms with Crippen molar-refractivity contribution in [1.29, 1.82) is 0 Å². The highest BCUT2D eigenvalue weighted by Crippen LogP contribution is 2.19. The Hall–Kier alpha value is -1.04. The molecular formula is C12H17NO3S. The first-order chi connectivity index (χ1) is 8.10. The maximum absolute atomic E-state index is 11.3. The third-order valence-corrected chi connectivity index (χ3v) is 2.79. The fourth-order valence-corrected chi connectivity index (χ4v) is 1.75. The van der Waals surface area contributed by atoms with Gasteiger partial charge in [-0.25, -0.2) is 0 Å². The van der Waals surface area contributed by atoms with Crippen LogP contribution >= 0.6 is 12.6 Å². The molecule has 0 aliphatic carbocycles. The van der Waals surface area contributed by atoms with E-state index >= 15 is 0 Å². The van der Waals surface area contributed by atoms with Crippen molar-refractivity contribution in [2.75, 3.05) is 12.8 Å². The molecule has 1 aromatic rings. The molecule has 4 nitrogen and oxygen atoms in total. The second kappa shape index (κ2) is 6.64. The minimum atomic E-state index is -0.944. The van der Waals surface area contributed by atoms with Crippen LogP contribution in [0.1, 0.15) is 28.4 Å². The Balaban J connectivity index is 2.76. The zero-order valence-corrected chi connectivity index (χ0v) is 10.5. The highest BCUT2D eigenvalue weighted by Gasteiger charge is 2.17. The van der Waals surface area contributed by atoms with Crippen LogP contribution in [0.2, 0.25) is 0 Å². The number of nitrogens with one attached hydrogen (secondary N) is 1. The van der Waals surface area contributed by atoms with Crippen LogP contribution in [-0.2, 0) is 0 Å². The Morgan fingerprint density at radius 1 is 1.35 bits per heavy atom. The van der Waals surface area contributed by atoms with Gasteiger partial charge < -0.3 is 15.5 Å². The van der Waals surface area contributed by atoms with Crippen molar-refractivity contribution in [3.63, 3.8) is 0 Å². The lowest BCUT2D eigenvalue weighted by Crippen LogP contribution is -2.20. The van der Waals surface area contributed by atoms with Gasteiger partial charge in [-0.15, -0.1) is 0 Å². The van der Waals surface area contributed by atoms with Gasteiger partial charge in [-0.05, 0) is 29.9 Å². The lowest BCUT2D eigenvalue weighted by Gasteiger charge is -2.17. The van der Waals surface area contributed by atoms with E-state index in [1.807, 2.05) is 0 Å². The number of amides is 1. The summed E-state index contributed by atoms with van der Waals surface area (Å²) in [6.07, 6.45) is -1.36. The number of benzene rings is 1. The molecule has 5 heteroatoms. The van der Waals surface area contributed by atoms with E-state index in [4.69, 9.17) is 0 Å². The summed E-state index contributed by atoms with van der Waals surface area (Å²) >= 11 is 4.00. The molecule has 0 aliphatic rings. The normalized spacial score (nSPS) is 14.1.